The van der Waals surface area contributed by atoms with Gasteiger partial charge in [0, 0.05) is 18.4 Å². The molecule has 0 saturated carbocycles. The number of nitrogens with one attached hydrogen (secondary N) is 2. The van der Waals surface area contributed by atoms with E-state index in [1.54, 1.807) is 0 Å². The molecule has 2 unspecified atom stereocenters. The third kappa shape index (κ3) is 6.14. The largest absolute Gasteiger partial charge is 0.480 e. The van der Waals surface area contributed by atoms with Crippen LogP contribution in [0.5, 0.6) is 0 Å². The molecule has 8 nitrogen and oxygen atoms in total. The molecule has 0 aromatic heterocycles. The zero-order valence-electron chi connectivity index (χ0n) is 19.5. The number of amides is 2. The fraction of sp³-hybridized carbons (Fsp3) is 0.423. The predicted molar refractivity (Wildman–Crippen MR) is 127 cm³/mol. The van der Waals surface area contributed by atoms with E-state index < -0.39 is 36.2 Å². The van der Waals surface area contributed by atoms with Crippen LogP contribution in [0.2, 0.25) is 0 Å². The van der Waals surface area contributed by atoms with Gasteiger partial charge in [-0.1, -0.05) is 68.3 Å². The van der Waals surface area contributed by atoms with Crippen LogP contribution in [0.15, 0.2) is 48.5 Å². The van der Waals surface area contributed by atoms with Gasteiger partial charge in [0.2, 0.25) is 5.91 Å². The molecule has 0 bridgehead atoms. The minimum absolute atomic E-state index is 0.0714. The van der Waals surface area contributed by atoms with Crippen LogP contribution in [-0.2, 0) is 14.3 Å². The minimum Gasteiger partial charge on any atom is -0.480 e. The average molecular weight is 469 g/mol. The van der Waals surface area contributed by atoms with E-state index in [0.29, 0.717) is 6.42 Å². The van der Waals surface area contributed by atoms with E-state index in [9.17, 15) is 19.5 Å². The van der Waals surface area contributed by atoms with Crippen molar-refractivity contribution in [2.24, 2.45) is 0 Å². The first-order valence-electron chi connectivity index (χ1n) is 11.6. The van der Waals surface area contributed by atoms with Gasteiger partial charge in [0.1, 0.15) is 6.61 Å². The molecule has 0 radical (unpaired) electrons. The van der Waals surface area contributed by atoms with Gasteiger partial charge < -0.3 is 25.6 Å². The van der Waals surface area contributed by atoms with Gasteiger partial charge in [0.15, 0.2) is 6.04 Å². The molecule has 2 aromatic carbocycles. The number of benzene rings is 2. The summed E-state index contributed by atoms with van der Waals surface area (Å²) in [6.45, 7) is 3.45. The molecule has 1 aliphatic carbocycles. The number of hydrogen-bond acceptors (Lipinski definition) is 5. The summed E-state index contributed by atoms with van der Waals surface area (Å²) in [4.78, 5) is 36.2. The molecule has 2 aromatic rings. The third-order valence-electron chi connectivity index (χ3n) is 6.07. The van der Waals surface area contributed by atoms with Crippen molar-refractivity contribution in [3.05, 3.63) is 59.7 Å². The predicted octanol–water partition coefficient (Wildman–Crippen LogP) is 3.42. The van der Waals surface area contributed by atoms with Crippen molar-refractivity contribution in [3.63, 3.8) is 0 Å². The first kappa shape index (κ1) is 25.2. The molecular formula is C26H32N2O6. The number of aliphatic hydroxyl groups is 1. The quantitative estimate of drug-likeness (QED) is 0.400. The Morgan fingerprint density at radius 1 is 1.00 bits per heavy atom. The number of alkyl carbamates (subject to hydrolysis) is 1. The molecule has 2 amide bonds. The first-order valence-corrected chi connectivity index (χ1v) is 11.6. The number of hydrogen-bond donors (Lipinski definition) is 4. The molecule has 1 aliphatic rings. The zero-order valence-corrected chi connectivity index (χ0v) is 19.5. The van der Waals surface area contributed by atoms with Crippen LogP contribution in [0.25, 0.3) is 11.1 Å². The van der Waals surface area contributed by atoms with Gasteiger partial charge in [-0.3, -0.25) is 4.79 Å². The van der Waals surface area contributed by atoms with E-state index in [-0.39, 0.29) is 18.9 Å². The van der Waals surface area contributed by atoms with Gasteiger partial charge in [-0.15, -0.1) is 0 Å². The van der Waals surface area contributed by atoms with Crippen molar-refractivity contribution in [3.8, 4) is 11.1 Å². The van der Waals surface area contributed by atoms with Crippen molar-refractivity contribution in [2.75, 3.05) is 6.61 Å². The van der Waals surface area contributed by atoms with Crippen LogP contribution < -0.4 is 10.6 Å². The lowest BCUT2D eigenvalue weighted by molar-refractivity contribution is -0.144. The summed E-state index contributed by atoms with van der Waals surface area (Å²) >= 11 is 0. The van der Waals surface area contributed by atoms with E-state index in [1.165, 1.54) is 6.92 Å². The molecule has 0 saturated heterocycles. The normalized spacial score (nSPS) is 14.9. The number of carbonyl (C=O) groups is 3. The molecule has 0 aliphatic heterocycles. The molecule has 3 atom stereocenters. The highest BCUT2D eigenvalue weighted by Gasteiger charge is 2.30. The number of unbranched alkanes of at least 4 members (excludes halogenated alkanes) is 1. The number of aliphatic carboxylic acids is 1. The van der Waals surface area contributed by atoms with Crippen LogP contribution in [0.4, 0.5) is 4.79 Å². The molecule has 4 N–H and O–H groups in total. The Balaban J connectivity index is 1.61. The van der Waals surface area contributed by atoms with Crippen LogP contribution in [0, 0.1) is 0 Å². The lowest BCUT2D eigenvalue weighted by Crippen LogP contribution is -2.49. The van der Waals surface area contributed by atoms with E-state index in [4.69, 9.17) is 9.84 Å². The summed E-state index contributed by atoms with van der Waals surface area (Å²) in [6.07, 6.45) is 0.212. The highest BCUT2D eigenvalue weighted by Crippen LogP contribution is 2.44. The Bertz CT molecular complexity index is 976. The standard InChI is InChI=1S/C26H32N2O6/c1-3-4-9-17(14-23(30)28-24(16(2)29)25(31)32)27-26(33)34-15-22-20-12-7-5-10-18(20)19-11-6-8-13-21(19)22/h5-8,10-13,16-17,22,24,29H,3-4,9,14-15H2,1-2H3,(H,27,33)(H,28,30)(H,31,32)/t16?,17-,24?/m1/s1. The van der Waals surface area contributed by atoms with Crippen LogP contribution in [-0.4, -0.2) is 53.0 Å². The maximum atomic E-state index is 12.6. The van der Waals surface area contributed by atoms with Gasteiger partial charge in [-0.2, -0.15) is 0 Å². The maximum absolute atomic E-state index is 12.6. The Hall–Kier alpha value is -3.39. The van der Waals surface area contributed by atoms with Gasteiger partial charge in [0.05, 0.1) is 6.10 Å². The second kappa shape index (κ2) is 11.7. The lowest BCUT2D eigenvalue weighted by Gasteiger charge is -2.22. The molecule has 3 rings (SSSR count). The second-order valence-corrected chi connectivity index (χ2v) is 8.64. The van der Waals surface area contributed by atoms with Crippen LogP contribution >= 0.6 is 0 Å². The van der Waals surface area contributed by atoms with Crippen molar-refractivity contribution in [1.29, 1.82) is 0 Å². The number of carboxylic acids is 1. The number of carbonyl (C=O) groups excluding carboxylic acids is 2. The number of ether oxygens (including phenoxy) is 1. The summed E-state index contributed by atoms with van der Waals surface area (Å²) in [5.74, 6) is -1.95. The second-order valence-electron chi connectivity index (χ2n) is 8.64. The highest BCUT2D eigenvalue weighted by atomic mass is 16.5. The third-order valence-corrected chi connectivity index (χ3v) is 6.07. The maximum Gasteiger partial charge on any atom is 0.407 e. The van der Waals surface area contributed by atoms with Gasteiger partial charge in [-0.05, 0) is 35.6 Å². The van der Waals surface area contributed by atoms with Gasteiger partial charge in [0.25, 0.3) is 0 Å². The summed E-state index contributed by atoms with van der Waals surface area (Å²) in [7, 11) is 0. The van der Waals surface area contributed by atoms with Crippen molar-refractivity contribution >= 4 is 18.0 Å². The monoisotopic (exact) mass is 468 g/mol. The molecular weight excluding hydrogens is 436 g/mol. The minimum atomic E-state index is -1.41. The average Bonchev–Trinajstić information content (AvgIpc) is 3.13. The van der Waals surface area contributed by atoms with E-state index in [2.05, 4.69) is 22.8 Å². The summed E-state index contributed by atoms with van der Waals surface area (Å²) < 4.78 is 5.57. The number of carboxylic acid groups (broad SMARTS) is 1. The smallest absolute Gasteiger partial charge is 0.407 e. The number of fused-ring (bicyclic) bond motifs is 3. The molecule has 0 fully saturated rings. The molecule has 34 heavy (non-hydrogen) atoms. The first-order chi connectivity index (χ1) is 16.3. The Morgan fingerprint density at radius 3 is 2.12 bits per heavy atom. The molecule has 8 heteroatoms. The number of aliphatic hydroxyl groups excluding tert-OH is 1. The van der Waals surface area contributed by atoms with Gasteiger partial charge >= 0.3 is 12.1 Å². The molecule has 0 heterocycles. The topological polar surface area (TPSA) is 125 Å². The molecule has 0 spiro atoms. The van der Waals surface area contributed by atoms with Crippen LogP contribution in [0.3, 0.4) is 0 Å². The fourth-order valence-electron chi connectivity index (χ4n) is 4.33. The van der Waals surface area contributed by atoms with E-state index >= 15 is 0 Å². The number of rotatable bonds is 11. The Morgan fingerprint density at radius 2 is 1.59 bits per heavy atom. The van der Waals surface area contributed by atoms with Crippen molar-refractivity contribution in [1.82, 2.24) is 10.6 Å². The lowest BCUT2D eigenvalue weighted by atomic mass is 9.98. The van der Waals surface area contributed by atoms with Gasteiger partial charge in [-0.25, -0.2) is 9.59 Å². The van der Waals surface area contributed by atoms with E-state index in [0.717, 1.165) is 35.1 Å². The SMILES string of the molecule is CCCC[C@H](CC(=O)NC(C(=O)O)C(C)O)NC(=O)OCC1c2ccccc2-c2ccccc21. The van der Waals surface area contributed by atoms with Crippen LogP contribution in [0.1, 0.15) is 56.6 Å². The molecule has 182 valence electrons. The fourth-order valence-corrected chi connectivity index (χ4v) is 4.33. The Kier molecular flexibility index (Phi) is 8.65. The van der Waals surface area contributed by atoms with Crippen molar-refractivity contribution < 1.29 is 29.3 Å². The summed E-state index contributed by atoms with van der Waals surface area (Å²) in [5, 5.41) is 23.8. The summed E-state index contributed by atoms with van der Waals surface area (Å²) in [6, 6.07) is 14.2. The zero-order chi connectivity index (χ0) is 24.7. The summed E-state index contributed by atoms with van der Waals surface area (Å²) in [5.41, 5.74) is 4.49. The highest BCUT2D eigenvalue weighted by molar-refractivity contribution is 5.84. The van der Waals surface area contributed by atoms with E-state index in [1.807, 2.05) is 43.3 Å². The van der Waals surface area contributed by atoms with Crippen molar-refractivity contribution in [2.45, 2.75) is 63.6 Å². The Labute approximate surface area is 199 Å².